The van der Waals surface area contributed by atoms with Crippen LogP contribution < -0.4 is 5.32 Å². The molecule has 2 aliphatic heterocycles. The van der Waals surface area contributed by atoms with Gasteiger partial charge in [-0.15, -0.1) is 0 Å². The van der Waals surface area contributed by atoms with Crippen molar-refractivity contribution < 1.29 is 9.53 Å². The van der Waals surface area contributed by atoms with E-state index in [4.69, 9.17) is 4.74 Å². The van der Waals surface area contributed by atoms with Crippen molar-refractivity contribution in [1.82, 2.24) is 20.0 Å². The summed E-state index contributed by atoms with van der Waals surface area (Å²) in [4.78, 5) is 23.6. The second kappa shape index (κ2) is 11.5. The molecule has 2 fully saturated rings. The van der Waals surface area contributed by atoms with E-state index in [1.165, 1.54) is 5.56 Å². The van der Waals surface area contributed by atoms with E-state index in [1.807, 2.05) is 11.9 Å². The number of aliphatic imine (C=N–C) groups is 1. The number of nitrogens with zero attached hydrogens (tertiary/aromatic N) is 4. The lowest BCUT2D eigenvalue weighted by atomic mass is 9.76. The molecule has 0 aromatic heterocycles. The lowest BCUT2D eigenvalue weighted by Gasteiger charge is -2.39. The molecular weight excluding hydrogens is 390 g/mol. The van der Waals surface area contributed by atoms with Crippen molar-refractivity contribution in [3.63, 3.8) is 0 Å². The lowest BCUT2D eigenvalue weighted by molar-refractivity contribution is -0.136. The molecule has 0 atom stereocenters. The van der Waals surface area contributed by atoms with E-state index in [2.05, 4.69) is 64.3 Å². The Morgan fingerprint density at radius 2 is 1.65 bits per heavy atom. The van der Waals surface area contributed by atoms with Crippen LogP contribution in [0.5, 0.6) is 0 Å². The van der Waals surface area contributed by atoms with Gasteiger partial charge in [-0.05, 0) is 18.4 Å². The minimum absolute atomic E-state index is 0.101. The molecule has 1 N–H and O–H groups in total. The first kappa shape index (κ1) is 23.5. The third-order valence-corrected chi connectivity index (χ3v) is 6.93. The number of piperazine rings is 1. The summed E-state index contributed by atoms with van der Waals surface area (Å²) in [5.41, 5.74) is 1.48. The maximum absolute atomic E-state index is 12.5. The van der Waals surface area contributed by atoms with E-state index in [-0.39, 0.29) is 11.3 Å². The SMILES string of the molecule is CCC(CC)(CNC(=NC)N1CCN(CC(=O)N2CCOCC2)CC1)c1ccccc1. The maximum atomic E-state index is 12.5. The standard InChI is InChI=1S/C24H39N5O2/c1-4-24(5-2,21-9-7-6-8-10-21)20-26-23(25-3)29-13-11-27(12-14-29)19-22(30)28-15-17-31-18-16-28/h6-10H,4-5,11-20H2,1-3H3,(H,25,26). The van der Waals surface area contributed by atoms with Gasteiger partial charge in [0.1, 0.15) is 0 Å². The van der Waals surface area contributed by atoms with Crippen LogP contribution in [0.1, 0.15) is 32.3 Å². The van der Waals surface area contributed by atoms with Gasteiger partial charge in [0.25, 0.3) is 0 Å². The van der Waals surface area contributed by atoms with E-state index >= 15 is 0 Å². The van der Waals surface area contributed by atoms with Crippen molar-refractivity contribution in [2.24, 2.45) is 4.99 Å². The fourth-order valence-corrected chi connectivity index (χ4v) is 4.60. The Balaban J connectivity index is 1.51. The van der Waals surface area contributed by atoms with E-state index in [1.54, 1.807) is 0 Å². The van der Waals surface area contributed by atoms with Gasteiger partial charge in [-0.1, -0.05) is 44.2 Å². The second-order valence-corrected chi connectivity index (χ2v) is 8.51. The number of hydrogen-bond acceptors (Lipinski definition) is 4. The molecule has 1 aromatic rings. The van der Waals surface area contributed by atoms with Gasteiger partial charge in [-0.25, -0.2) is 0 Å². The van der Waals surface area contributed by atoms with Crippen molar-refractivity contribution in [1.29, 1.82) is 0 Å². The van der Waals surface area contributed by atoms with Gasteiger partial charge < -0.3 is 19.9 Å². The lowest BCUT2D eigenvalue weighted by Crippen LogP contribution is -2.56. The molecule has 2 aliphatic rings. The fraction of sp³-hybridized carbons (Fsp3) is 0.667. The van der Waals surface area contributed by atoms with Crippen LogP contribution in [0.4, 0.5) is 0 Å². The van der Waals surface area contributed by atoms with Crippen LogP contribution in [0.25, 0.3) is 0 Å². The topological polar surface area (TPSA) is 60.4 Å². The van der Waals surface area contributed by atoms with Crippen molar-refractivity contribution in [2.75, 3.05) is 72.6 Å². The van der Waals surface area contributed by atoms with E-state index < -0.39 is 0 Å². The number of guanidine groups is 1. The number of carbonyl (C=O) groups excluding carboxylic acids is 1. The molecule has 7 heteroatoms. The Morgan fingerprint density at radius 1 is 1.00 bits per heavy atom. The van der Waals surface area contributed by atoms with Gasteiger partial charge in [0.15, 0.2) is 5.96 Å². The molecule has 7 nitrogen and oxygen atoms in total. The molecule has 2 saturated heterocycles. The average Bonchev–Trinajstić information content (AvgIpc) is 2.84. The highest BCUT2D eigenvalue weighted by atomic mass is 16.5. The van der Waals surface area contributed by atoms with Crippen molar-refractivity contribution >= 4 is 11.9 Å². The quantitative estimate of drug-likeness (QED) is 0.529. The molecule has 0 spiro atoms. The van der Waals surface area contributed by atoms with E-state index in [0.717, 1.165) is 51.5 Å². The van der Waals surface area contributed by atoms with Crippen LogP contribution in [0, 0.1) is 0 Å². The molecule has 172 valence electrons. The number of morpholine rings is 1. The largest absolute Gasteiger partial charge is 0.378 e. The first-order chi connectivity index (χ1) is 15.1. The minimum atomic E-state index is 0.101. The minimum Gasteiger partial charge on any atom is -0.378 e. The first-order valence-electron chi connectivity index (χ1n) is 11.7. The highest BCUT2D eigenvalue weighted by Crippen LogP contribution is 2.30. The number of hydrogen-bond donors (Lipinski definition) is 1. The molecule has 1 aromatic carbocycles. The van der Waals surface area contributed by atoms with Crippen molar-refractivity contribution in [3.05, 3.63) is 35.9 Å². The van der Waals surface area contributed by atoms with Crippen LogP contribution in [0.2, 0.25) is 0 Å². The third kappa shape index (κ3) is 5.98. The van der Waals surface area contributed by atoms with Gasteiger partial charge in [-0.3, -0.25) is 14.7 Å². The van der Waals surface area contributed by atoms with Gasteiger partial charge >= 0.3 is 0 Å². The maximum Gasteiger partial charge on any atom is 0.236 e. The first-order valence-corrected chi connectivity index (χ1v) is 11.7. The Labute approximate surface area is 187 Å². The van der Waals surface area contributed by atoms with Crippen LogP contribution in [-0.4, -0.2) is 99.2 Å². The average molecular weight is 430 g/mol. The van der Waals surface area contributed by atoms with Crippen LogP contribution in [-0.2, 0) is 14.9 Å². The molecular formula is C24H39N5O2. The molecule has 0 aliphatic carbocycles. The fourth-order valence-electron chi connectivity index (χ4n) is 4.60. The number of rotatable bonds is 7. The summed E-state index contributed by atoms with van der Waals surface area (Å²) in [6.45, 7) is 12.2. The summed E-state index contributed by atoms with van der Waals surface area (Å²) in [5.74, 6) is 1.18. The summed E-state index contributed by atoms with van der Waals surface area (Å²) < 4.78 is 5.35. The van der Waals surface area contributed by atoms with Crippen LogP contribution in [0.15, 0.2) is 35.3 Å². The number of carbonyl (C=O) groups is 1. The number of ether oxygens (including phenoxy) is 1. The summed E-state index contributed by atoms with van der Waals surface area (Å²) in [5, 5.41) is 3.66. The molecule has 0 bridgehead atoms. The molecule has 0 unspecified atom stereocenters. The molecule has 3 rings (SSSR count). The normalized spacial score (nSPS) is 18.9. The predicted molar refractivity (Wildman–Crippen MR) is 125 cm³/mol. The van der Waals surface area contributed by atoms with Gasteiger partial charge in [0.05, 0.1) is 19.8 Å². The van der Waals surface area contributed by atoms with Crippen molar-refractivity contribution in [3.8, 4) is 0 Å². The van der Waals surface area contributed by atoms with Crippen LogP contribution in [0.3, 0.4) is 0 Å². The number of amides is 1. The van der Waals surface area contributed by atoms with Gasteiger partial charge in [0, 0.05) is 58.3 Å². The smallest absolute Gasteiger partial charge is 0.236 e. The van der Waals surface area contributed by atoms with E-state index in [9.17, 15) is 4.79 Å². The van der Waals surface area contributed by atoms with Crippen molar-refractivity contribution in [2.45, 2.75) is 32.1 Å². The zero-order valence-corrected chi connectivity index (χ0v) is 19.5. The monoisotopic (exact) mass is 429 g/mol. The zero-order chi connectivity index (χ0) is 22.1. The highest BCUT2D eigenvalue weighted by molar-refractivity contribution is 5.80. The Morgan fingerprint density at radius 3 is 2.23 bits per heavy atom. The molecule has 2 heterocycles. The second-order valence-electron chi connectivity index (χ2n) is 8.51. The third-order valence-electron chi connectivity index (χ3n) is 6.93. The number of nitrogens with one attached hydrogen (secondary N) is 1. The molecule has 0 radical (unpaired) electrons. The van der Waals surface area contributed by atoms with E-state index in [0.29, 0.717) is 32.8 Å². The Kier molecular flexibility index (Phi) is 8.72. The summed E-state index contributed by atoms with van der Waals surface area (Å²) in [7, 11) is 1.86. The Bertz CT molecular complexity index is 706. The summed E-state index contributed by atoms with van der Waals surface area (Å²) in [6, 6.07) is 10.8. The zero-order valence-electron chi connectivity index (χ0n) is 19.5. The van der Waals surface area contributed by atoms with Gasteiger partial charge in [-0.2, -0.15) is 0 Å². The van der Waals surface area contributed by atoms with Gasteiger partial charge in [0.2, 0.25) is 5.91 Å². The molecule has 0 saturated carbocycles. The molecule has 31 heavy (non-hydrogen) atoms. The molecule has 1 amide bonds. The number of benzene rings is 1. The highest BCUT2D eigenvalue weighted by Gasteiger charge is 2.30. The Hall–Kier alpha value is -2.12. The summed E-state index contributed by atoms with van der Waals surface area (Å²) >= 11 is 0. The summed E-state index contributed by atoms with van der Waals surface area (Å²) in [6.07, 6.45) is 2.16. The van der Waals surface area contributed by atoms with Crippen LogP contribution >= 0.6 is 0 Å². The predicted octanol–water partition coefficient (Wildman–Crippen LogP) is 1.80.